The van der Waals surface area contributed by atoms with Crippen molar-refractivity contribution in [3.63, 3.8) is 0 Å². The molecular formula is C8H9Br2NO. The van der Waals surface area contributed by atoms with Gasteiger partial charge in [0.15, 0.2) is 0 Å². The first-order chi connectivity index (χ1) is 5.69. The third kappa shape index (κ3) is 1.98. The van der Waals surface area contributed by atoms with Crippen molar-refractivity contribution in [1.29, 1.82) is 0 Å². The minimum atomic E-state index is 0.658. The molecule has 0 fully saturated rings. The van der Waals surface area contributed by atoms with E-state index in [9.17, 15) is 0 Å². The van der Waals surface area contributed by atoms with Gasteiger partial charge in [0.05, 0.1) is 12.8 Å². The van der Waals surface area contributed by atoms with Crippen molar-refractivity contribution in [2.45, 2.75) is 12.3 Å². The predicted octanol–water partition coefficient (Wildman–Crippen LogP) is 3.06. The molecule has 0 bridgehead atoms. The number of nitrogens with zero attached hydrogens (tertiary/aromatic N) is 1. The van der Waals surface area contributed by atoms with Crippen molar-refractivity contribution in [3.8, 4) is 5.88 Å². The summed E-state index contributed by atoms with van der Waals surface area (Å²) in [7, 11) is 1.62. The van der Waals surface area contributed by atoms with Crippen LogP contribution in [-0.4, -0.2) is 12.1 Å². The molecule has 1 heterocycles. The molecule has 0 unspecified atom stereocenters. The van der Waals surface area contributed by atoms with Crippen LogP contribution < -0.4 is 4.74 Å². The first-order valence-corrected chi connectivity index (χ1v) is 5.36. The Labute approximate surface area is 88.6 Å². The number of alkyl halides is 1. The Kier molecular flexibility index (Phi) is 3.53. The van der Waals surface area contributed by atoms with Crippen LogP contribution in [0.3, 0.4) is 0 Å². The van der Waals surface area contributed by atoms with E-state index in [4.69, 9.17) is 4.74 Å². The highest BCUT2D eigenvalue weighted by molar-refractivity contribution is 9.10. The average molecular weight is 295 g/mol. The molecule has 66 valence electrons. The molecule has 0 N–H and O–H groups in total. The molecule has 1 aromatic rings. The maximum atomic E-state index is 5.04. The van der Waals surface area contributed by atoms with Crippen LogP contribution in [0.25, 0.3) is 0 Å². The lowest BCUT2D eigenvalue weighted by Crippen LogP contribution is -1.94. The van der Waals surface area contributed by atoms with Crippen LogP contribution in [0.1, 0.15) is 11.3 Å². The summed E-state index contributed by atoms with van der Waals surface area (Å²) in [4.78, 5) is 4.25. The Morgan fingerprint density at radius 3 is 2.75 bits per heavy atom. The van der Waals surface area contributed by atoms with Crippen LogP contribution in [-0.2, 0) is 5.33 Å². The number of aromatic nitrogens is 1. The Morgan fingerprint density at radius 1 is 1.58 bits per heavy atom. The minimum absolute atomic E-state index is 0.658. The normalized spacial score (nSPS) is 10.0. The number of pyridine rings is 1. The molecule has 1 rings (SSSR count). The van der Waals surface area contributed by atoms with E-state index in [1.165, 1.54) is 0 Å². The summed E-state index contributed by atoms with van der Waals surface area (Å²) in [5, 5.41) is 0.728. The lowest BCUT2D eigenvalue weighted by Gasteiger charge is -2.06. The third-order valence-electron chi connectivity index (χ3n) is 1.52. The lowest BCUT2D eigenvalue weighted by atomic mass is 10.2. The number of methoxy groups -OCH3 is 1. The molecule has 0 saturated carbocycles. The molecule has 0 amide bonds. The second kappa shape index (κ2) is 4.23. The van der Waals surface area contributed by atoms with Crippen molar-refractivity contribution < 1.29 is 4.74 Å². The fraction of sp³-hybridized carbons (Fsp3) is 0.375. The summed E-state index contributed by atoms with van der Waals surface area (Å²) in [5.74, 6) is 0.658. The largest absolute Gasteiger partial charge is 0.481 e. The van der Waals surface area contributed by atoms with Gasteiger partial charge in [0.25, 0.3) is 0 Å². The maximum absolute atomic E-state index is 5.04. The Bertz CT molecular complexity index is 289. The number of hydrogen-bond donors (Lipinski definition) is 0. The first-order valence-electron chi connectivity index (χ1n) is 3.45. The van der Waals surface area contributed by atoms with Crippen molar-refractivity contribution >= 4 is 31.9 Å². The lowest BCUT2D eigenvalue weighted by molar-refractivity contribution is 0.396. The summed E-state index contributed by atoms with van der Waals surface area (Å²) in [6.45, 7) is 2.01. The molecule has 0 saturated heterocycles. The second-order valence-electron chi connectivity index (χ2n) is 2.38. The van der Waals surface area contributed by atoms with Crippen molar-refractivity contribution in [2.24, 2.45) is 0 Å². The van der Waals surface area contributed by atoms with Gasteiger partial charge in [0.2, 0.25) is 5.88 Å². The van der Waals surface area contributed by atoms with Crippen LogP contribution >= 0.6 is 31.9 Å². The summed E-state index contributed by atoms with van der Waals surface area (Å²) >= 11 is 6.81. The molecule has 0 aliphatic carbocycles. The zero-order chi connectivity index (χ0) is 9.14. The predicted molar refractivity (Wildman–Crippen MR) is 55.9 cm³/mol. The average Bonchev–Trinajstić information content (AvgIpc) is 2.09. The smallest absolute Gasteiger partial charge is 0.213 e. The molecule has 0 aromatic carbocycles. The van der Waals surface area contributed by atoms with Crippen molar-refractivity contribution in [2.75, 3.05) is 7.11 Å². The molecule has 0 aliphatic rings. The number of aryl methyl sites for hydroxylation is 1. The molecule has 0 radical (unpaired) electrons. The van der Waals surface area contributed by atoms with Crippen LogP contribution in [0.15, 0.2) is 10.5 Å². The second-order valence-corrected chi connectivity index (χ2v) is 3.73. The van der Waals surface area contributed by atoms with Gasteiger partial charge in [-0.1, -0.05) is 15.9 Å². The number of hydrogen-bond acceptors (Lipinski definition) is 2. The standard InChI is InChI=1S/C8H9Br2NO/c1-5-3-7(12-2)11-6(4-9)8(5)10/h3H,4H2,1-2H3. The fourth-order valence-electron chi connectivity index (χ4n) is 0.884. The first kappa shape index (κ1) is 9.99. The van der Waals surface area contributed by atoms with Gasteiger partial charge in [-0.05, 0) is 28.4 Å². The van der Waals surface area contributed by atoms with Crippen LogP contribution in [0.5, 0.6) is 5.88 Å². The topological polar surface area (TPSA) is 22.1 Å². The highest BCUT2D eigenvalue weighted by Crippen LogP contribution is 2.25. The summed E-state index contributed by atoms with van der Waals surface area (Å²) < 4.78 is 6.08. The van der Waals surface area contributed by atoms with Crippen LogP contribution in [0.2, 0.25) is 0 Å². The van der Waals surface area contributed by atoms with E-state index < -0.39 is 0 Å². The molecule has 2 nitrogen and oxygen atoms in total. The zero-order valence-corrected chi connectivity index (χ0v) is 10.1. The van der Waals surface area contributed by atoms with Crippen molar-refractivity contribution in [1.82, 2.24) is 4.98 Å². The molecule has 12 heavy (non-hydrogen) atoms. The Balaban J connectivity index is 3.19. The van der Waals surface area contributed by atoms with E-state index in [1.54, 1.807) is 7.11 Å². The highest BCUT2D eigenvalue weighted by atomic mass is 79.9. The highest BCUT2D eigenvalue weighted by Gasteiger charge is 2.05. The fourth-order valence-corrected chi connectivity index (χ4v) is 2.01. The molecule has 1 aromatic heterocycles. The van der Waals surface area contributed by atoms with Crippen LogP contribution in [0, 0.1) is 6.92 Å². The molecule has 0 spiro atoms. The summed E-state index contributed by atoms with van der Waals surface area (Å²) in [6, 6.07) is 1.90. The van der Waals surface area contributed by atoms with Gasteiger partial charge in [0.1, 0.15) is 0 Å². The maximum Gasteiger partial charge on any atom is 0.213 e. The number of ether oxygens (including phenoxy) is 1. The van der Waals surface area contributed by atoms with E-state index in [0.29, 0.717) is 5.88 Å². The van der Waals surface area contributed by atoms with Gasteiger partial charge in [-0.15, -0.1) is 0 Å². The van der Waals surface area contributed by atoms with Gasteiger partial charge in [-0.3, -0.25) is 0 Å². The Hall–Kier alpha value is -0.0900. The summed E-state index contributed by atoms with van der Waals surface area (Å²) in [6.07, 6.45) is 0. The van der Waals surface area contributed by atoms with Gasteiger partial charge in [-0.2, -0.15) is 0 Å². The third-order valence-corrected chi connectivity index (χ3v) is 3.13. The zero-order valence-electron chi connectivity index (χ0n) is 6.90. The van der Waals surface area contributed by atoms with E-state index in [2.05, 4.69) is 36.8 Å². The van der Waals surface area contributed by atoms with E-state index in [0.717, 1.165) is 21.1 Å². The minimum Gasteiger partial charge on any atom is -0.481 e. The van der Waals surface area contributed by atoms with Crippen molar-refractivity contribution in [3.05, 3.63) is 21.8 Å². The molecule has 0 atom stereocenters. The molecular weight excluding hydrogens is 286 g/mol. The van der Waals surface area contributed by atoms with Gasteiger partial charge < -0.3 is 4.74 Å². The van der Waals surface area contributed by atoms with E-state index >= 15 is 0 Å². The SMILES string of the molecule is COc1cc(C)c(Br)c(CBr)n1. The van der Waals surface area contributed by atoms with Gasteiger partial charge in [0, 0.05) is 15.9 Å². The number of halogens is 2. The van der Waals surface area contributed by atoms with E-state index in [-0.39, 0.29) is 0 Å². The molecule has 0 aliphatic heterocycles. The number of rotatable bonds is 2. The van der Waals surface area contributed by atoms with Crippen LogP contribution in [0.4, 0.5) is 0 Å². The summed E-state index contributed by atoms with van der Waals surface area (Å²) in [5.41, 5.74) is 2.10. The quantitative estimate of drug-likeness (QED) is 0.782. The Morgan fingerprint density at radius 2 is 2.25 bits per heavy atom. The monoisotopic (exact) mass is 293 g/mol. The van der Waals surface area contributed by atoms with Gasteiger partial charge in [-0.25, -0.2) is 4.98 Å². The molecule has 4 heteroatoms. The van der Waals surface area contributed by atoms with Gasteiger partial charge >= 0.3 is 0 Å². The van der Waals surface area contributed by atoms with E-state index in [1.807, 2.05) is 13.0 Å².